The van der Waals surface area contributed by atoms with Crippen molar-refractivity contribution >= 4 is 0 Å². The molecule has 0 spiro atoms. The molecular weight excluding hydrogens is 140 g/mol. The lowest BCUT2D eigenvalue weighted by Crippen LogP contribution is -1.85. The van der Waals surface area contributed by atoms with Crippen LogP contribution in [0, 0.1) is 0 Å². The average molecular weight is 154 g/mol. The summed E-state index contributed by atoms with van der Waals surface area (Å²) < 4.78 is 9.93. The molecule has 0 atom stereocenters. The molecule has 0 heterocycles. The summed E-state index contributed by atoms with van der Waals surface area (Å²) in [6, 6.07) is 0. The lowest BCUT2D eigenvalue weighted by atomic mass is 10.4. The minimum Gasteiger partial charge on any atom is -0.501 e. The van der Waals surface area contributed by atoms with Crippen LogP contribution in [0.2, 0.25) is 0 Å². The molecule has 0 bridgehead atoms. The largest absolute Gasteiger partial charge is 0.501 e. The fourth-order valence-corrected chi connectivity index (χ4v) is 0.550. The van der Waals surface area contributed by atoms with Gasteiger partial charge in [0.1, 0.15) is 5.76 Å². The van der Waals surface area contributed by atoms with Crippen LogP contribution in [0.4, 0.5) is 0 Å². The predicted octanol–water partition coefficient (Wildman–Crippen LogP) is 2.25. The van der Waals surface area contributed by atoms with Crippen molar-refractivity contribution in [3.8, 4) is 0 Å². The van der Waals surface area contributed by atoms with E-state index in [9.17, 15) is 0 Å². The highest BCUT2D eigenvalue weighted by molar-refractivity contribution is 5.18. The number of allylic oxidation sites excluding steroid dienone is 4. The minimum atomic E-state index is 0.736. The van der Waals surface area contributed by atoms with Gasteiger partial charge in [0.05, 0.1) is 20.0 Å². The second kappa shape index (κ2) is 5.59. The van der Waals surface area contributed by atoms with Gasteiger partial charge < -0.3 is 9.47 Å². The van der Waals surface area contributed by atoms with Crippen molar-refractivity contribution in [2.45, 2.75) is 6.92 Å². The highest BCUT2D eigenvalue weighted by atomic mass is 16.5. The maximum absolute atomic E-state index is 5.00. The first kappa shape index (κ1) is 9.82. The minimum absolute atomic E-state index is 0.736. The summed E-state index contributed by atoms with van der Waals surface area (Å²) in [6.45, 7) is 5.41. The van der Waals surface area contributed by atoms with E-state index >= 15 is 0 Å². The van der Waals surface area contributed by atoms with E-state index in [0.29, 0.717) is 0 Å². The number of methoxy groups -OCH3 is 2. The Kier molecular flexibility index (Phi) is 4.99. The fraction of sp³-hybridized carbons (Fsp3) is 0.333. The van der Waals surface area contributed by atoms with E-state index in [-0.39, 0.29) is 0 Å². The summed E-state index contributed by atoms with van der Waals surface area (Å²) in [5.41, 5.74) is 0. The van der Waals surface area contributed by atoms with E-state index in [1.807, 2.05) is 6.92 Å². The van der Waals surface area contributed by atoms with Gasteiger partial charge in [-0.15, -0.1) is 0 Å². The Hall–Kier alpha value is -1.18. The monoisotopic (exact) mass is 154 g/mol. The van der Waals surface area contributed by atoms with Crippen LogP contribution in [0.3, 0.4) is 0 Å². The van der Waals surface area contributed by atoms with Gasteiger partial charge in [0.2, 0.25) is 0 Å². The van der Waals surface area contributed by atoms with Crippen molar-refractivity contribution in [2.75, 3.05) is 14.2 Å². The van der Waals surface area contributed by atoms with E-state index < -0.39 is 0 Å². The Morgan fingerprint density at radius 2 is 1.91 bits per heavy atom. The van der Waals surface area contributed by atoms with Gasteiger partial charge in [0.25, 0.3) is 0 Å². The van der Waals surface area contributed by atoms with Crippen LogP contribution >= 0.6 is 0 Å². The molecule has 0 radical (unpaired) electrons. The molecular formula is C9H14O2. The third-order valence-electron chi connectivity index (χ3n) is 1.19. The second-order valence-electron chi connectivity index (χ2n) is 1.97. The molecule has 0 aromatic carbocycles. The van der Waals surface area contributed by atoms with Crippen LogP contribution in [0.25, 0.3) is 0 Å². The van der Waals surface area contributed by atoms with Gasteiger partial charge in [0.15, 0.2) is 0 Å². The molecule has 0 N–H and O–H groups in total. The molecule has 0 saturated heterocycles. The molecule has 2 heteroatoms. The molecule has 0 saturated carbocycles. The SMILES string of the molecule is C=C/C=C(\C=C(/C)OC)OC. The molecule has 0 aromatic heterocycles. The maximum Gasteiger partial charge on any atom is 0.122 e. The number of hydrogen-bond donors (Lipinski definition) is 0. The Balaban J connectivity index is 4.28. The number of hydrogen-bond acceptors (Lipinski definition) is 2. The van der Waals surface area contributed by atoms with Crippen molar-refractivity contribution < 1.29 is 9.47 Å². The molecule has 0 aliphatic rings. The summed E-state index contributed by atoms with van der Waals surface area (Å²) in [4.78, 5) is 0. The quantitative estimate of drug-likeness (QED) is 0.456. The van der Waals surface area contributed by atoms with Crippen molar-refractivity contribution in [3.05, 3.63) is 36.3 Å². The standard InChI is InChI=1S/C9H14O2/c1-5-6-9(11-4)7-8(2)10-3/h5-7H,1H2,2-4H3/b8-7+,9-6+. The number of ether oxygens (including phenoxy) is 2. The molecule has 2 nitrogen and oxygen atoms in total. The van der Waals surface area contributed by atoms with Crippen molar-refractivity contribution in [1.82, 2.24) is 0 Å². The summed E-state index contributed by atoms with van der Waals surface area (Å²) in [6.07, 6.45) is 5.22. The van der Waals surface area contributed by atoms with Crippen LogP contribution in [-0.2, 0) is 9.47 Å². The van der Waals surface area contributed by atoms with Crippen LogP contribution in [0.5, 0.6) is 0 Å². The first-order valence-electron chi connectivity index (χ1n) is 3.33. The van der Waals surface area contributed by atoms with E-state index in [1.54, 1.807) is 32.4 Å². The second-order valence-corrected chi connectivity index (χ2v) is 1.97. The molecule has 11 heavy (non-hydrogen) atoms. The molecule has 0 aliphatic heterocycles. The van der Waals surface area contributed by atoms with E-state index in [2.05, 4.69) is 6.58 Å². The Morgan fingerprint density at radius 3 is 2.27 bits per heavy atom. The Bertz CT molecular complexity index is 178. The molecule has 0 unspecified atom stereocenters. The smallest absolute Gasteiger partial charge is 0.122 e. The molecule has 0 fully saturated rings. The predicted molar refractivity (Wildman–Crippen MR) is 46.1 cm³/mol. The highest BCUT2D eigenvalue weighted by Gasteiger charge is 1.90. The molecule has 0 amide bonds. The Morgan fingerprint density at radius 1 is 1.27 bits per heavy atom. The zero-order chi connectivity index (χ0) is 8.69. The van der Waals surface area contributed by atoms with Crippen LogP contribution < -0.4 is 0 Å². The summed E-state index contributed by atoms with van der Waals surface area (Å²) in [5, 5.41) is 0. The van der Waals surface area contributed by atoms with Gasteiger partial charge in [0, 0.05) is 6.08 Å². The first-order valence-corrected chi connectivity index (χ1v) is 3.33. The van der Waals surface area contributed by atoms with Crippen molar-refractivity contribution in [1.29, 1.82) is 0 Å². The summed E-state index contributed by atoms with van der Waals surface area (Å²) in [5.74, 6) is 1.54. The lowest BCUT2D eigenvalue weighted by molar-refractivity contribution is 0.277. The maximum atomic E-state index is 5.00. The van der Waals surface area contributed by atoms with Gasteiger partial charge in [-0.1, -0.05) is 12.7 Å². The molecule has 0 aliphatic carbocycles. The lowest BCUT2D eigenvalue weighted by Gasteiger charge is -2.01. The van der Waals surface area contributed by atoms with Gasteiger partial charge in [-0.25, -0.2) is 0 Å². The van der Waals surface area contributed by atoms with Crippen LogP contribution in [0.1, 0.15) is 6.92 Å². The van der Waals surface area contributed by atoms with Gasteiger partial charge in [-0.2, -0.15) is 0 Å². The first-order chi connectivity index (χ1) is 5.24. The normalized spacial score (nSPS) is 12.6. The van der Waals surface area contributed by atoms with Crippen LogP contribution in [0.15, 0.2) is 36.3 Å². The van der Waals surface area contributed by atoms with Gasteiger partial charge >= 0.3 is 0 Å². The zero-order valence-corrected chi connectivity index (χ0v) is 7.26. The topological polar surface area (TPSA) is 18.5 Å². The van der Waals surface area contributed by atoms with E-state index in [4.69, 9.17) is 9.47 Å². The van der Waals surface area contributed by atoms with Gasteiger partial charge in [-0.05, 0) is 13.0 Å². The molecule has 0 aromatic rings. The highest BCUT2D eigenvalue weighted by Crippen LogP contribution is 2.03. The fourth-order valence-electron chi connectivity index (χ4n) is 0.550. The van der Waals surface area contributed by atoms with E-state index in [1.165, 1.54) is 0 Å². The van der Waals surface area contributed by atoms with Crippen molar-refractivity contribution in [2.24, 2.45) is 0 Å². The summed E-state index contributed by atoms with van der Waals surface area (Å²) in [7, 11) is 3.22. The van der Waals surface area contributed by atoms with Crippen LogP contribution in [-0.4, -0.2) is 14.2 Å². The number of rotatable bonds is 4. The summed E-state index contributed by atoms with van der Waals surface area (Å²) >= 11 is 0. The third-order valence-corrected chi connectivity index (χ3v) is 1.19. The molecule has 62 valence electrons. The average Bonchev–Trinajstić information content (AvgIpc) is 2.03. The van der Waals surface area contributed by atoms with E-state index in [0.717, 1.165) is 11.5 Å². The van der Waals surface area contributed by atoms with Crippen molar-refractivity contribution in [3.63, 3.8) is 0 Å². The van der Waals surface area contributed by atoms with Gasteiger partial charge in [-0.3, -0.25) is 0 Å². The zero-order valence-electron chi connectivity index (χ0n) is 7.26. The Labute approximate surface area is 67.8 Å². The third kappa shape index (κ3) is 4.25. The molecule has 0 rings (SSSR count).